The summed E-state index contributed by atoms with van der Waals surface area (Å²) in [5.74, 6) is 1.67. The van der Waals surface area contributed by atoms with E-state index in [-0.39, 0.29) is 0 Å². The van der Waals surface area contributed by atoms with E-state index in [1.54, 1.807) is 6.20 Å². The Morgan fingerprint density at radius 2 is 1.85 bits per heavy atom. The average Bonchev–Trinajstić information content (AvgIpc) is 2.96. The van der Waals surface area contributed by atoms with Crippen LogP contribution in [0.1, 0.15) is 25.0 Å². The number of hydrogen-bond donors (Lipinski definition) is 0. The van der Waals surface area contributed by atoms with Gasteiger partial charge in [-0.1, -0.05) is 12.5 Å². The van der Waals surface area contributed by atoms with Crippen molar-refractivity contribution < 1.29 is 0 Å². The van der Waals surface area contributed by atoms with Crippen molar-refractivity contribution in [2.24, 2.45) is 7.05 Å². The SMILES string of the molecule is Cc1nn(C)c2nc(-c3ccccn3)nc(N3CC(N4CCCCC4)C3)c12. The zero-order valence-electron chi connectivity index (χ0n) is 16.0. The van der Waals surface area contributed by atoms with Crippen molar-refractivity contribution in [3.63, 3.8) is 0 Å². The smallest absolute Gasteiger partial charge is 0.182 e. The zero-order chi connectivity index (χ0) is 18.4. The number of anilines is 1. The van der Waals surface area contributed by atoms with Gasteiger partial charge >= 0.3 is 0 Å². The van der Waals surface area contributed by atoms with Crippen molar-refractivity contribution in [1.82, 2.24) is 29.6 Å². The molecule has 0 amide bonds. The molecule has 0 spiro atoms. The highest BCUT2D eigenvalue weighted by Crippen LogP contribution is 2.33. The lowest BCUT2D eigenvalue weighted by Crippen LogP contribution is -2.60. The molecule has 7 heteroatoms. The van der Waals surface area contributed by atoms with Gasteiger partial charge in [-0.25, -0.2) is 9.97 Å². The Kier molecular flexibility index (Phi) is 4.04. The topological polar surface area (TPSA) is 63.0 Å². The van der Waals surface area contributed by atoms with E-state index in [0.717, 1.165) is 41.3 Å². The second-order valence-corrected chi connectivity index (χ2v) is 7.65. The molecule has 27 heavy (non-hydrogen) atoms. The quantitative estimate of drug-likeness (QED) is 0.712. The fourth-order valence-electron chi connectivity index (χ4n) is 4.30. The van der Waals surface area contributed by atoms with Gasteiger partial charge in [0.15, 0.2) is 11.5 Å². The second-order valence-electron chi connectivity index (χ2n) is 7.65. The Balaban J connectivity index is 1.51. The van der Waals surface area contributed by atoms with E-state index in [4.69, 9.17) is 9.97 Å². The fraction of sp³-hybridized carbons (Fsp3) is 0.500. The maximum absolute atomic E-state index is 4.93. The summed E-state index contributed by atoms with van der Waals surface area (Å²) in [5, 5.41) is 5.66. The van der Waals surface area contributed by atoms with Crippen LogP contribution >= 0.6 is 0 Å². The number of fused-ring (bicyclic) bond motifs is 1. The molecular weight excluding hydrogens is 338 g/mol. The molecule has 2 saturated heterocycles. The summed E-state index contributed by atoms with van der Waals surface area (Å²) >= 11 is 0. The first-order valence-corrected chi connectivity index (χ1v) is 9.82. The van der Waals surface area contributed by atoms with Crippen molar-refractivity contribution >= 4 is 16.9 Å². The van der Waals surface area contributed by atoms with Crippen molar-refractivity contribution in [3.05, 3.63) is 30.1 Å². The molecule has 5 heterocycles. The molecule has 0 N–H and O–H groups in total. The third kappa shape index (κ3) is 2.86. The Morgan fingerprint density at radius 1 is 1.04 bits per heavy atom. The summed E-state index contributed by atoms with van der Waals surface area (Å²) < 4.78 is 1.85. The third-order valence-electron chi connectivity index (χ3n) is 5.80. The van der Waals surface area contributed by atoms with Crippen LogP contribution in [0.15, 0.2) is 24.4 Å². The molecule has 0 bridgehead atoms. The number of nitrogens with zero attached hydrogens (tertiary/aromatic N) is 7. The largest absolute Gasteiger partial charge is 0.353 e. The van der Waals surface area contributed by atoms with Gasteiger partial charge in [0.25, 0.3) is 0 Å². The predicted molar refractivity (Wildman–Crippen MR) is 106 cm³/mol. The second kappa shape index (κ2) is 6.56. The highest BCUT2D eigenvalue weighted by Gasteiger charge is 2.35. The van der Waals surface area contributed by atoms with Gasteiger partial charge in [-0.15, -0.1) is 0 Å². The van der Waals surface area contributed by atoms with Gasteiger partial charge in [-0.05, 0) is 45.0 Å². The molecule has 0 saturated carbocycles. The van der Waals surface area contributed by atoms with E-state index in [2.05, 4.69) is 19.9 Å². The maximum atomic E-state index is 4.93. The van der Waals surface area contributed by atoms with E-state index in [0.29, 0.717) is 11.9 Å². The summed E-state index contributed by atoms with van der Waals surface area (Å²) in [7, 11) is 1.95. The third-order valence-corrected chi connectivity index (χ3v) is 5.80. The maximum Gasteiger partial charge on any atom is 0.182 e. The van der Waals surface area contributed by atoms with Crippen LogP contribution in [0, 0.1) is 6.92 Å². The highest BCUT2D eigenvalue weighted by molar-refractivity contribution is 5.91. The van der Waals surface area contributed by atoms with Crippen LogP contribution in [0.3, 0.4) is 0 Å². The number of rotatable bonds is 3. The molecule has 0 aliphatic carbocycles. The van der Waals surface area contributed by atoms with Gasteiger partial charge in [0, 0.05) is 32.4 Å². The Hall–Kier alpha value is -2.54. The van der Waals surface area contributed by atoms with Crippen LogP contribution in [-0.4, -0.2) is 61.9 Å². The molecule has 5 rings (SSSR count). The molecule has 0 unspecified atom stereocenters. The number of likely N-dealkylation sites (tertiary alicyclic amines) is 1. The molecular formula is C20H25N7. The van der Waals surface area contributed by atoms with Gasteiger partial charge in [-0.3, -0.25) is 14.6 Å². The van der Waals surface area contributed by atoms with Crippen molar-refractivity contribution in [2.75, 3.05) is 31.1 Å². The minimum atomic E-state index is 0.644. The number of aryl methyl sites for hydroxylation is 2. The van der Waals surface area contributed by atoms with Crippen molar-refractivity contribution in [2.45, 2.75) is 32.2 Å². The van der Waals surface area contributed by atoms with Crippen LogP contribution in [0.5, 0.6) is 0 Å². The molecule has 3 aromatic rings. The first kappa shape index (κ1) is 16.6. The van der Waals surface area contributed by atoms with Crippen molar-refractivity contribution in [1.29, 1.82) is 0 Å². The Bertz CT molecular complexity index is 953. The first-order valence-electron chi connectivity index (χ1n) is 9.82. The van der Waals surface area contributed by atoms with Crippen LogP contribution in [0.2, 0.25) is 0 Å². The zero-order valence-corrected chi connectivity index (χ0v) is 16.0. The van der Waals surface area contributed by atoms with E-state index >= 15 is 0 Å². The minimum Gasteiger partial charge on any atom is -0.353 e. The van der Waals surface area contributed by atoms with Gasteiger partial charge in [0.05, 0.1) is 11.1 Å². The van der Waals surface area contributed by atoms with Crippen LogP contribution in [0.25, 0.3) is 22.6 Å². The number of piperidine rings is 1. The lowest BCUT2D eigenvalue weighted by Gasteiger charge is -2.47. The highest BCUT2D eigenvalue weighted by atomic mass is 15.4. The number of pyridine rings is 1. The molecule has 2 aliphatic rings. The lowest BCUT2D eigenvalue weighted by molar-refractivity contribution is 0.138. The molecule has 0 radical (unpaired) electrons. The number of hydrogen-bond acceptors (Lipinski definition) is 6. The molecule has 0 aromatic carbocycles. The van der Waals surface area contributed by atoms with E-state index < -0.39 is 0 Å². The standard InChI is InChI=1S/C20H25N7/c1-14-17-19(25(2)24-14)22-18(16-8-4-5-9-21-16)23-20(17)27-12-15(13-27)26-10-6-3-7-11-26/h4-5,8-9,15H,3,6-7,10-13H2,1-2H3. The normalized spacial score (nSPS) is 18.8. The summed E-state index contributed by atoms with van der Waals surface area (Å²) in [6.07, 6.45) is 5.83. The lowest BCUT2D eigenvalue weighted by atomic mass is 10.0. The molecule has 7 nitrogen and oxygen atoms in total. The molecule has 2 aliphatic heterocycles. The van der Waals surface area contributed by atoms with E-state index in [1.807, 2.05) is 36.9 Å². The average molecular weight is 363 g/mol. The van der Waals surface area contributed by atoms with Crippen LogP contribution in [-0.2, 0) is 7.05 Å². The number of aromatic nitrogens is 5. The predicted octanol–water partition coefficient (Wildman–Crippen LogP) is 2.41. The Labute approximate surface area is 159 Å². The summed E-state index contributed by atoms with van der Waals surface area (Å²) in [6, 6.07) is 6.49. The van der Waals surface area contributed by atoms with E-state index in [9.17, 15) is 0 Å². The van der Waals surface area contributed by atoms with Gasteiger partial charge < -0.3 is 4.90 Å². The van der Waals surface area contributed by atoms with Gasteiger partial charge in [0.1, 0.15) is 11.5 Å². The summed E-state index contributed by atoms with van der Waals surface area (Å²) in [6.45, 7) is 6.58. The van der Waals surface area contributed by atoms with Crippen LogP contribution < -0.4 is 4.90 Å². The van der Waals surface area contributed by atoms with E-state index in [1.165, 1.54) is 32.4 Å². The first-order chi connectivity index (χ1) is 13.2. The van der Waals surface area contributed by atoms with Crippen molar-refractivity contribution in [3.8, 4) is 11.5 Å². The van der Waals surface area contributed by atoms with Gasteiger partial charge in [0.2, 0.25) is 0 Å². The minimum absolute atomic E-state index is 0.644. The van der Waals surface area contributed by atoms with Gasteiger partial charge in [-0.2, -0.15) is 5.10 Å². The fourth-order valence-corrected chi connectivity index (χ4v) is 4.30. The summed E-state index contributed by atoms with van der Waals surface area (Å²) in [4.78, 5) is 19.2. The van der Waals surface area contributed by atoms with Crippen LogP contribution in [0.4, 0.5) is 5.82 Å². The Morgan fingerprint density at radius 3 is 2.59 bits per heavy atom. The monoisotopic (exact) mass is 363 g/mol. The molecule has 2 fully saturated rings. The molecule has 3 aromatic heterocycles. The molecule has 140 valence electrons. The summed E-state index contributed by atoms with van der Waals surface area (Å²) in [5.41, 5.74) is 2.66. The molecule has 0 atom stereocenters.